The molecule has 0 aromatic heterocycles. The van der Waals surface area contributed by atoms with Crippen molar-refractivity contribution in [3.05, 3.63) is 64.7 Å². The van der Waals surface area contributed by atoms with Gasteiger partial charge in [0.25, 0.3) is 0 Å². The number of rotatable bonds is 5. The average molecular weight is 274 g/mol. The Kier molecular flexibility index (Phi) is 4.86. The molecule has 2 rings (SSSR count). The molecule has 0 heterocycles. The van der Waals surface area contributed by atoms with E-state index in [0.717, 1.165) is 23.6 Å². The number of benzene rings is 2. The van der Waals surface area contributed by atoms with Crippen molar-refractivity contribution in [3.63, 3.8) is 0 Å². The van der Waals surface area contributed by atoms with Crippen LogP contribution in [0.5, 0.6) is 0 Å². The molecule has 100 valence electrons. The summed E-state index contributed by atoms with van der Waals surface area (Å²) in [6, 6.07) is 17.0. The van der Waals surface area contributed by atoms with Gasteiger partial charge in [0.1, 0.15) is 0 Å². The van der Waals surface area contributed by atoms with Crippen LogP contribution in [0.15, 0.2) is 48.5 Å². The molecule has 2 heteroatoms. The standard InChI is InChI=1S/C17H20ClN/c1-3-13-8-10-16(11-9-13)19-17(4-2)14-6-5-7-15(18)12-14/h5-12,17,19H,3-4H2,1-2H3. The molecular weight excluding hydrogens is 254 g/mol. The predicted molar refractivity (Wildman–Crippen MR) is 83.9 cm³/mol. The number of hydrogen-bond donors (Lipinski definition) is 1. The summed E-state index contributed by atoms with van der Waals surface area (Å²) in [6.07, 6.45) is 2.10. The zero-order valence-electron chi connectivity index (χ0n) is 11.5. The van der Waals surface area contributed by atoms with Gasteiger partial charge in [0, 0.05) is 10.7 Å². The number of hydrogen-bond acceptors (Lipinski definition) is 1. The van der Waals surface area contributed by atoms with E-state index in [9.17, 15) is 0 Å². The van der Waals surface area contributed by atoms with Crippen molar-refractivity contribution >= 4 is 17.3 Å². The molecule has 0 saturated heterocycles. The van der Waals surface area contributed by atoms with Crippen molar-refractivity contribution in [2.75, 3.05) is 5.32 Å². The van der Waals surface area contributed by atoms with E-state index in [1.807, 2.05) is 18.2 Å². The Balaban J connectivity index is 2.14. The fourth-order valence-corrected chi connectivity index (χ4v) is 2.38. The van der Waals surface area contributed by atoms with Crippen LogP contribution in [0.4, 0.5) is 5.69 Å². The Labute approximate surface area is 120 Å². The van der Waals surface area contributed by atoms with Crippen molar-refractivity contribution in [1.29, 1.82) is 0 Å². The summed E-state index contributed by atoms with van der Waals surface area (Å²) in [5.41, 5.74) is 3.75. The molecular formula is C17H20ClN. The predicted octanol–water partition coefficient (Wildman–Crippen LogP) is 5.47. The van der Waals surface area contributed by atoms with Gasteiger partial charge in [-0.15, -0.1) is 0 Å². The molecule has 0 spiro atoms. The van der Waals surface area contributed by atoms with Crippen LogP contribution in [0.3, 0.4) is 0 Å². The molecule has 1 atom stereocenters. The zero-order chi connectivity index (χ0) is 13.7. The maximum absolute atomic E-state index is 6.06. The summed E-state index contributed by atoms with van der Waals surface area (Å²) in [6.45, 7) is 4.35. The molecule has 0 radical (unpaired) electrons. The second-order valence-corrected chi connectivity index (χ2v) is 5.15. The monoisotopic (exact) mass is 273 g/mol. The smallest absolute Gasteiger partial charge is 0.0511 e. The molecule has 2 aromatic rings. The summed E-state index contributed by atoms with van der Waals surface area (Å²) in [7, 11) is 0. The molecule has 0 saturated carbocycles. The van der Waals surface area contributed by atoms with E-state index in [2.05, 4.69) is 49.5 Å². The van der Waals surface area contributed by atoms with E-state index >= 15 is 0 Å². The summed E-state index contributed by atoms with van der Waals surface area (Å²) in [5, 5.41) is 4.36. The maximum atomic E-state index is 6.06. The van der Waals surface area contributed by atoms with Crippen LogP contribution in [-0.4, -0.2) is 0 Å². The fraction of sp³-hybridized carbons (Fsp3) is 0.294. The van der Waals surface area contributed by atoms with Crippen molar-refractivity contribution in [3.8, 4) is 0 Å². The minimum absolute atomic E-state index is 0.297. The van der Waals surface area contributed by atoms with E-state index in [1.165, 1.54) is 11.1 Å². The molecule has 0 aliphatic heterocycles. The Morgan fingerprint density at radius 3 is 2.37 bits per heavy atom. The summed E-state index contributed by atoms with van der Waals surface area (Å²) in [4.78, 5) is 0. The van der Waals surface area contributed by atoms with Gasteiger partial charge in [0.2, 0.25) is 0 Å². The van der Waals surface area contributed by atoms with Crippen LogP contribution in [0.2, 0.25) is 5.02 Å². The van der Waals surface area contributed by atoms with E-state index in [0.29, 0.717) is 6.04 Å². The lowest BCUT2D eigenvalue weighted by atomic mass is 10.0. The van der Waals surface area contributed by atoms with E-state index in [4.69, 9.17) is 11.6 Å². The lowest BCUT2D eigenvalue weighted by Crippen LogP contribution is -2.09. The molecule has 1 N–H and O–H groups in total. The van der Waals surface area contributed by atoms with Crippen molar-refractivity contribution in [1.82, 2.24) is 0 Å². The SMILES string of the molecule is CCc1ccc(NC(CC)c2cccc(Cl)c2)cc1. The molecule has 1 unspecified atom stereocenters. The normalized spacial score (nSPS) is 12.2. The minimum Gasteiger partial charge on any atom is -0.378 e. The Bertz CT molecular complexity index is 519. The highest BCUT2D eigenvalue weighted by atomic mass is 35.5. The minimum atomic E-state index is 0.297. The van der Waals surface area contributed by atoms with E-state index < -0.39 is 0 Å². The Hall–Kier alpha value is -1.47. The van der Waals surface area contributed by atoms with Gasteiger partial charge >= 0.3 is 0 Å². The van der Waals surface area contributed by atoms with Gasteiger partial charge in [-0.25, -0.2) is 0 Å². The van der Waals surface area contributed by atoms with Gasteiger partial charge in [-0.3, -0.25) is 0 Å². The molecule has 0 amide bonds. The van der Waals surface area contributed by atoms with Crippen LogP contribution < -0.4 is 5.32 Å². The fourth-order valence-electron chi connectivity index (χ4n) is 2.18. The summed E-state index contributed by atoms with van der Waals surface area (Å²) < 4.78 is 0. The van der Waals surface area contributed by atoms with Crippen LogP contribution in [0.1, 0.15) is 37.4 Å². The van der Waals surface area contributed by atoms with Crippen molar-refractivity contribution in [2.24, 2.45) is 0 Å². The zero-order valence-corrected chi connectivity index (χ0v) is 12.2. The molecule has 0 aliphatic carbocycles. The molecule has 0 bridgehead atoms. The number of nitrogens with one attached hydrogen (secondary N) is 1. The topological polar surface area (TPSA) is 12.0 Å². The maximum Gasteiger partial charge on any atom is 0.0511 e. The van der Waals surface area contributed by atoms with Gasteiger partial charge in [-0.05, 0) is 48.2 Å². The second kappa shape index (κ2) is 6.63. The second-order valence-electron chi connectivity index (χ2n) is 4.71. The Morgan fingerprint density at radius 2 is 1.79 bits per heavy atom. The highest BCUT2D eigenvalue weighted by molar-refractivity contribution is 6.30. The first-order valence-corrected chi connectivity index (χ1v) is 7.21. The molecule has 1 nitrogen and oxygen atoms in total. The average Bonchev–Trinajstić information content (AvgIpc) is 2.45. The van der Waals surface area contributed by atoms with Gasteiger partial charge in [-0.2, -0.15) is 0 Å². The third kappa shape index (κ3) is 3.74. The van der Waals surface area contributed by atoms with Gasteiger partial charge in [-0.1, -0.05) is 49.7 Å². The van der Waals surface area contributed by atoms with Crippen molar-refractivity contribution in [2.45, 2.75) is 32.7 Å². The van der Waals surface area contributed by atoms with E-state index in [1.54, 1.807) is 0 Å². The molecule has 19 heavy (non-hydrogen) atoms. The molecule has 0 fully saturated rings. The lowest BCUT2D eigenvalue weighted by molar-refractivity contribution is 0.749. The molecule has 2 aromatic carbocycles. The summed E-state index contributed by atoms with van der Waals surface area (Å²) in [5.74, 6) is 0. The first kappa shape index (κ1) is 14.0. The van der Waals surface area contributed by atoms with Gasteiger partial charge in [0.05, 0.1) is 6.04 Å². The van der Waals surface area contributed by atoms with Gasteiger partial charge in [0.15, 0.2) is 0 Å². The highest BCUT2D eigenvalue weighted by Gasteiger charge is 2.09. The summed E-state index contributed by atoms with van der Waals surface area (Å²) >= 11 is 6.06. The Morgan fingerprint density at radius 1 is 1.05 bits per heavy atom. The van der Waals surface area contributed by atoms with Crippen LogP contribution in [0, 0.1) is 0 Å². The van der Waals surface area contributed by atoms with Crippen LogP contribution >= 0.6 is 11.6 Å². The number of aryl methyl sites for hydroxylation is 1. The van der Waals surface area contributed by atoms with E-state index in [-0.39, 0.29) is 0 Å². The third-order valence-corrected chi connectivity index (χ3v) is 3.60. The first-order chi connectivity index (χ1) is 9.22. The molecule has 0 aliphatic rings. The third-order valence-electron chi connectivity index (χ3n) is 3.36. The van der Waals surface area contributed by atoms with Crippen molar-refractivity contribution < 1.29 is 0 Å². The largest absolute Gasteiger partial charge is 0.378 e. The number of anilines is 1. The van der Waals surface area contributed by atoms with Crippen LogP contribution in [-0.2, 0) is 6.42 Å². The number of halogens is 1. The first-order valence-electron chi connectivity index (χ1n) is 6.84. The van der Waals surface area contributed by atoms with Gasteiger partial charge < -0.3 is 5.32 Å². The quantitative estimate of drug-likeness (QED) is 0.762. The lowest BCUT2D eigenvalue weighted by Gasteiger charge is -2.19. The highest BCUT2D eigenvalue weighted by Crippen LogP contribution is 2.24. The van der Waals surface area contributed by atoms with Crippen LogP contribution in [0.25, 0.3) is 0 Å².